The Bertz CT molecular complexity index is 2910. The van der Waals surface area contributed by atoms with E-state index in [0.717, 1.165) is 70.9 Å². The number of nitrogens with zero attached hydrogens (tertiary/aromatic N) is 1. The van der Waals surface area contributed by atoms with Crippen LogP contribution >= 0.6 is 0 Å². The maximum atomic E-state index is 7.92. The first-order valence-corrected chi connectivity index (χ1v) is 21.6. The lowest BCUT2D eigenvalue weighted by Crippen LogP contribution is -2.36. The molecule has 7 aromatic carbocycles. The molecule has 0 aromatic heterocycles. The third-order valence-electron chi connectivity index (χ3n) is 14.6. The third kappa shape index (κ3) is 5.02. The van der Waals surface area contributed by atoms with Crippen LogP contribution < -0.4 is 19.1 Å². The van der Waals surface area contributed by atoms with E-state index in [1.807, 2.05) is 0 Å². The van der Waals surface area contributed by atoms with Gasteiger partial charge < -0.3 is 23.8 Å². The summed E-state index contributed by atoms with van der Waals surface area (Å²) in [6.45, 7) is 12.4. The molecule has 5 heteroatoms. The van der Waals surface area contributed by atoms with Crippen LogP contribution in [-0.2, 0) is 21.2 Å². The average Bonchev–Trinajstić information content (AvgIpc) is 3.72. The van der Waals surface area contributed by atoms with Crippen LogP contribution in [0.3, 0.4) is 0 Å². The summed E-state index contributed by atoms with van der Waals surface area (Å²) in [6.07, 6.45) is 6.66. The monoisotopic (exact) mass is 789 g/mol. The number of hydrogen-bond acceptors (Lipinski definition) is 5. The number of benzene rings is 7. The minimum Gasteiger partial charge on any atom is -0.497 e. The summed E-state index contributed by atoms with van der Waals surface area (Å²) in [5, 5.41) is 4.78. The summed E-state index contributed by atoms with van der Waals surface area (Å²) in [7, 11) is 3.51. The molecule has 1 unspecified atom stereocenters. The fourth-order valence-electron chi connectivity index (χ4n) is 11.4. The van der Waals surface area contributed by atoms with E-state index in [1.165, 1.54) is 60.7 Å². The minimum atomic E-state index is -0.951. The van der Waals surface area contributed by atoms with E-state index >= 15 is 0 Å². The van der Waals surface area contributed by atoms with Gasteiger partial charge >= 0.3 is 0 Å². The van der Waals surface area contributed by atoms with Crippen LogP contribution in [0.15, 0.2) is 121 Å². The number of hydrogen-bond donors (Lipinski definition) is 0. The molecule has 0 N–H and O–H groups in total. The zero-order valence-corrected chi connectivity index (χ0v) is 35.4. The summed E-state index contributed by atoms with van der Waals surface area (Å²) in [4.78, 5) is 2.41. The lowest BCUT2D eigenvalue weighted by Gasteiger charge is -2.40. The average molecular weight is 790 g/mol. The highest BCUT2D eigenvalue weighted by atomic mass is 16.5. The molecule has 1 fully saturated rings. The van der Waals surface area contributed by atoms with Crippen molar-refractivity contribution in [1.29, 1.82) is 0 Å². The van der Waals surface area contributed by atoms with Gasteiger partial charge in [-0.3, -0.25) is 0 Å². The van der Waals surface area contributed by atoms with Crippen molar-refractivity contribution >= 4 is 33.3 Å². The van der Waals surface area contributed by atoms with E-state index in [-0.39, 0.29) is 10.8 Å². The first-order chi connectivity index (χ1) is 29.3. The van der Waals surface area contributed by atoms with Crippen molar-refractivity contribution in [2.75, 3.05) is 45.4 Å². The summed E-state index contributed by atoms with van der Waals surface area (Å²) in [5.41, 5.74) is 13.7. The Kier molecular flexibility index (Phi) is 8.32. The molecular weight excluding hydrogens is 739 g/mol. The number of ether oxygens (including phenoxy) is 4. The molecule has 0 saturated carbocycles. The van der Waals surface area contributed by atoms with Gasteiger partial charge in [-0.2, -0.15) is 0 Å². The van der Waals surface area contributed by atoms with E-state index in [9.17, 15) is 0 Å². The van der Waals surface area contributed by atoms with Gasteiger partial charge in [0.2, 0.25) is 0 Å². The van der Waals surface area contributed by atoms with E-state index < -0.39 is 5.60 Å². The van der Waals surface area contributed by atoms with Crippen molar-refractivity contribution in [3.05, 3.63) is 160 Å². The van der Waals surface area contributed by atoms with Crippen molar-refractivity contribution < 1.29 is 18.9 Å². The molecule has 1 atom stereocenters. The van der Waals surface area contributed by atoms with Crippen molar-refractivity contribution in [3.8, 4) is 39.5 Å². The quantitative estimate of drug-likeness (QED) is 0.161. The normalized spacial score (nSPS) is 19.0. The summed E-state index contributed by atoms with van der Waals surface area (Å²) >= 11 is 0. The first-order valence-electron chi connectivity index (χ1n) is 21.6. The molecule has 2 heterocycles. The molecule has 0 bridgehead atoms. The molecule has 0 spiro atoms. The molecule has 60 heavy (non-hydrogen) atoms. The van der Waals surface area contributed by atoms with Gasteiger partial charge in [0.1, 0.15) is 17.2 Å². The molecule has 4 aliphatic rings. The van der Waals surface area contributed by atoms with Crippen molar-refractivity contribution in [2.45, 2.75) is 57.0 Å². The molecule has 5 nitrogen and oxygen atoms in total. The van der Waals surface area contributed by atoms with Gasteiger partial charge in [0, 0.05) is 46.0 Å². The van der Waals surface area contributed by atoms with Gasteiger partial charge in [-0.25, -0.2) is 0 Å². The second-order valence-electron chi connectivity index (χ2n) is 17.5. The largest absolute Gasteiger partial charge is 0.497 e. The van der Waals surface area contributed by atoms with E-state index in [4.69, 9.17) is 18.9 Å². The summed E-state index contributed by atoms with van der Waals surface area (Å²) in [5.74, 6) is 2.54. The maximum Gasteiger partial charge on any atom is 0.178 e. The predicted octanol–water partition coefficient (Wildman–Crippen LogP) is 12.6. The minimum absolute atomic E-state index is 0.177. The molecule has 0 amide bonds. The van der Waals surface area contributed by atoms with Crippen LogP contribution in [0.4, 0.5) is 5.69 Å². The summed E-state index contributed by atoms with van der Waals surface area (Å²) < 4.78 is 25.7. The van der Waals surface area contributed by atoms with Gasteiger partial charge in [-0.05, 0) is 122 Å². The van der Waals surface area contributed by atoms with Crippen LogP contribution in [0, 0.1) is 0 Å². The second kappa shape index (κ2) is 13.5. The van der Waals surface area contributed by atoms with E-state index in [0.29, 0.717) is 13.2 Å². The van der Waals surface area contributed by atoms with Crippen LogP contribution in [0.25, 0.3) is 49.9 Å². The molecule has 11 rings (SSSR count). The van der Waals surface area contributed by atoms with Gasteiger partial charge in [0.05, 0.1) is 33.1 Å². The van der Waals surface area contributed by atoms with Crippen LogP contribution in [0.2, 0.25) is 0 Å². The Morgan fingerprint density at radius 1 is 0.650 bits per heavy atom. The lowest BCUT2D eigenvalue weighted by atomic mass is 9.71. The van der Waals surface area contributed by atoms with Crippen molar-refractivity contribution in [1.82, 2.24) is 0 Å². The van der Waals surface area contributed by atoms with Gasteiger partial charge in [0.25, 0.3) is 0 Å². The highest BCUT2D eigenvalue weighted by Crippen LogP contribution is 2.61. The van der Waals surface area contributed by atoms with Crippen molar-refractivity contribution in [3.63, 3.8) is 0 Å². The Hall–Kier alpha value is -6.04. The van der Waals surface area contributed by atoms with Crippen LogP contribution in [-0.4, -0.2) is 40.5 Å². The fourth-order valence-corrected chi connectivity index (χ4v) is 11.4. The molecule has 300 valence electrons. The van der Waals surface area contributed by atoms with Gasteiger partial charge in [-0.1, -0.05) is 107 Å². The molecule has 1 saturated heterocycles. The Morgan fingerprint density at radius 2 is 1.35 bits per heavy atom. The number of methoxy groups -OCH3 is 2. The second-order valence-corrected chi connectivity index (χ2v) is 17.5. The Balaban J connectivity index is 1.19. The number of rotatable bonds is 7. The standard InChI is InChI=1S/C55H51NO4/c1-7-54(8-2)45-16-12-11-15-40(45)50-43-32-48(56-25-27-59-28-26-56)49(58-6)33-44(43)52-41(51(50)54)23-24-55(60-52,36-17-20-38(57-5)21-18-36)37-19-22-39-42-29-34-13-9-10-14-35(34)30-46(42)53(3,4)47(39)31-37/h9-24,29-33H,7-8,25-28H2,1-6H3. The molecule has 2 aliphatic heterocycles. The van der Waals surface area contributed by atoms with Crippen LogP contribution in [0.1, 0.15) is 79.5 Å². The van der Waals surface area contributed by atoms with Crippen LogP contribution in [0.5, 0.6) is 17.2 Å². The third-order valence-corrected chi connectivity index (χ3v) is 14.6. The van der Waals surface area contributed by atoms with E-state index in [2.05, 4.69) is 160 Å². The highest BCUT2D eigenvalue weighted by molar-refractivity contribution is 6.10. The van der Waals surface area contributed by atoms with Gasteiger partial charge in [-0.15, -0.1) is 0 Å². The Morgan fingerprint density at radius 3 is 2.08 bits per heavy atom. The van der Waals surface area contributed by atoms with Gasteiger partial charge in [0.15, 0.2) is 5.60 Å². The number of morpholine rings is 1. The fraction of sp³-hybridized carbons (Fsp3) is 0.273. The topological polar surface area (TPSA) is 40.2 Å². The van der Waals surface area contributed by atoms with Crippen molar-refractivity contribution in [2.24, 2.45) is 0 Å². The number of fused-ring (bicyclic) bond motifs is 12. The predicted molar refractivity (Wildman–Crippen MR) is 245 cm³/mol. The first kappa shape index (κ1) is 37.0. The van der Waals surface area contributed by atoms with E-state index in [1.54, 1.807) is 14.2 Å². The zero-order valence-electron chi connectivity index (χ0n) is 35.4. The highest BCUT2D eigenvalue weighted by Gasteiger charge is 2.48. The summed E-state index contributed by atoms with van der Waals surface area (Å²) in [6, 6.07) is 42.7. The zero-order chi connectivity index (χ0) is 41.0. The maximum absolute atomic E-state index is 7.92. The number of anilines is 1. The molecule has 7 aromatic rings. The SMILES string of the molecule is CCC1(CC)c2ccccc2-c2c1c1c(c3cc(OC)c(N4CCOCC4)cc23)OC(c2ccc(OC)cc2)(c2ccc3c(c2)C(C)(C)c2cc4ccccc4cc2-3)C=C1. The molecule has 2 aliphatic carbocycles. The molecular formula is C55H51NO4. The Labute approximate surface area is 353 Å². The molecule has 0 radical (unpaired) electrons. The lowest BCUT2D eigenvalue weighted by molar-refractivity contribution is 0.122. The smallest absolute Gasteiger partial charge is 0.178 e.